The minimum absolute atomic E-state index is 0.113. The normalized spacial score (nSPS) is 29.3. The number of nitrogens with one attached hydrogen (secondary N) is 1. The Bertz CT molecular complexity index is 401. The van der Waals surface area contributed by atoms with E-state index in [-0.39, 0.29) is 17.2 Å². The summed E-state index contributed by atoms with van der Waals surface area (Å²) in [4.78, 5) is 11.8. The predicted octanol–water partition coefficient (Wildman–Crippen LogP) is 2.97. The molecule has 2 rings (SSSR count). The van der Waals surface area contributed by atoms with Gasteiger partial charge >= 0.3 is 0 Å². The van der Waals surface area contributed by atoms with Crippen molar-refractivity contribution in [1.82, 2.24) is 5.32 Å². The summed E-state index contributed by atoms with van der Waals surface area (Å²) in [6.45, 7) is 4.61. The van der Waals surface area contributed by atoms with E-state index in [4.69, 9.17) is 11.6 Å². The van der Waals surface area contributed by atoms with Gasteiger partial charge in [-0.1, -0.05) is 30.7 Å². The van der Waals surface area contributed by atoms with E-state index in [1.54, 1.807) is 6.92 Å². The minimum Gasteiger partial charge on any atom is -0.309 e. The highest BCUT2D eigenvalue weighted by atomic mass is 35.5. The molecule has 0 radical (unpaired) electrons. The number of ketones is 1. The molecule has 0 saturated carbocycles. The maximum absolute atomic E-state index is 11.8. The van der Waals surface area contributed by atoms with Crippen LogP contribution < -0.4 is 5.32 Å². The molecule has 0 unspecified atom stereocenters. The summed E-state index contributed by atoms with van der Waals surface area (Å²) in [7, 11) is 0. The van der Waals surface area contributed by atoms with Gasteiger partial charge in [0.05, 0.1) is 0 Å². The van der Waals surface area contributed by atoms with E-state index < -0.39 is 0 Å². The molecule has 2 atom stereocenters. The zero-order valence-electron chi connectivity index (χ0n) is 9.59. The summed E-state index contributed by atoms with van der Waals surface area (Å²) in [5.41, 5.74) is 0.855. The molecule has 1 heterocycles. The second-order valence-electron chi connectivity index (χ2n) is 4.66. The van der Waals surface area contributed by atoms with Crippen LogP contribution in [0.25, 0.3) is 0 Å². The largest absolute Gasteiger partial charge is 0.309 e. The molecular weight excluding hydrogens is 222 g/mol. The van der Waals surface area contributed by atoms with Gasteiger partial charge in [-0.2, -0.15) is 0 Å². The number of Topliss-reactive ketones (excluding diaryl/α,β-unsaturated/α-hetero) is 1. The van der Waals surface area contributed by atoms with Gasteiger partial charge in [-0.15, -0.1) is 0 Å². The van der Waals surface area contributed by atoms with Crippen LogP contribution in [0.15, 0.2) is 24.3 Å². The first-order chi connectivity index (χ1) is 7.54. The summed E-state index contributed by atoms with van der Waals surface area (Å²) in [5, 5.41) is 4.13. The molecule has 1 aliphatic heterocycles. The lowest BCUT2D eigenvalue weighted by Crippen LogP contribution is -2.32. The minimum atomic E-state index is -0.284. The highest BCUT2D eigenvalue weighted by Gasteiger charge is 2.43. The number of rotatable bonds is 2. The van der Waals surface area contributed by atoms with Gasteiger partial charge in [0.2, 0.25) is 0 Å². The number of hydrogen-bond acceptors (Lipinski definition) is 2. The highest BCUT2D eigenvalue weighted by molar-refractivity contribution is 6.30. The van der Waals surface area contributed by atoms with Gasteiger partial charge in [0.15, 0.2) is 0 Å². The van der Waals surface area contributed by atoms with E-state index >= 15 is 0 Å². The van der Waals surface area contributed by atoms with Crippen molar-refractivity contribution in [3.8, 4) is 0 Å². The lowest BCUT2D eigenvalue weighted by molar-refractivity contribution is -0.126. The smallest absolute Gasteiger partial charge is 0.137 e. The van der Waals surface area contributed by atoms with Gasteiger partial charge in [-0.3, -0.25) is 4.79 Å². The Kier molecular flexibility index (Phi) is 3.04. The van der Waals surface area contributed by atoms with E-state index in [2.05, 4.69) is 5.32 Å². The van der Waals surface area contributed by atoms with Crippen molar-refractivity contribution >= 4 is 17.4 Å². The van der Waals surface area contributed by atoms with Gasteiger partial charge in [0, 0.05) is 16.5 Å². The number of carbonyl (C=O) groups is 1. The maximum Gasteiger partial charge on any atom is 0.137 e. The molecule has 1 N–H and O–H groups in total. The molecule has 0 bridgehead atoms. The van der Waals surface area contributed by atoms with Crippen LogP contribution in [0, 0.1) is 5.41 Å². The van der Waals surface area contributed by atoms with Crippen molar-refractivity contribution in [3.63, 3.8) is 0 Å². The van der Waals surface area contributed by atoms with Crippen LogP contribution in [0.5, 0.6) is 0 Å². The Morgan fingerprint density at radius 1 is 1.44 bits per heavy atom. The Labute approximate surface area is 101 Å². The molecule has 0 spiro atoms. The molecule has 0 aliphatic carbocycles. The molecule has 1 saturated heterocycles. The van der Waals surface area contributed by atoms with Crippen LogP contribution in [-0.4, -0.2) is 12.3 Å². The Balaban J connectivity index is 2.33. The number of benzene rings is 1. The van der Waals surface area contributed by atoms with E-state index in [1.165, 1.54) is 0 Å². The summed E-state index contributed by atoms with van der Waals surface area (Å²) in [5.74, 6) is 0.248. The van der Waals surface area contributed by atoms with Crippen molar-refractivity contribution in [2.45, 2.75) is 26.3 Å². The Morgan fingerprint density at radius 2 is 2.06 bits per heavy atom. The van der Waals surface area contributed by atoms with Gasteiger partial charge in [-0.05, 0) is 37.6 Å². The van der Waals surface area contributed by atoms with E-state index in [1.807, 2.05) is 31.2 Å². The van der Waals surface area contributed by atoms with Crippen LogP contribution in [0.4, 0.5) is 0 Å². The Hall–Kier alpha value is -0.860. The third-order valence-corrected chi connectivity index (χ3v) is 3.89. The second-order valence-corrected chi connectivity index (χ2v) is 5.10. The highest BCUT2D eigenvalue weighted by Crippen LogP contribution is 2.41. The molecule has 0 aromatic heterocycles. The first-order valence-corrected chi connectivity index (χ1v) is 5.92. The van der Waals surface area contributed by atoms with Gasteiger partial charge in [0.25, 0.3) is 0 Å². The first kappa shape index (κ1) is 11.6. The fraction of sp³-hybridized carbons (Fsp3) is 0.462. The van der Waals surface area contributed by atoms with Crippen LogP contribution in [0.2, 0.25) is 5.02 Å². The molecule has 1 aromatic carbocycles. The average Bonchev–Trinajstić information content (AvgIpc) is 2.63. The van der Waals surface area contributed by atoms with Gasteiger partial charge < -0.3 is 5.32 Å². The topological polar surface area (TPSA) is 29.1 Å². The molecule has 0 amide bonds. The molecule has 2 nitrogen and oxygen atoms in total. The fourth-order valence-corrected chi connectivity index (χ4v) is 2.49. The third-order valence-electron chi connectivity index (χ3n) is 3.64. The van der Waals surface area contributed by atoms with Crippen molar-refractivity contribution in [2.75, 3.05) is 6.54 Å². The van der Waals surface area contributed by atoms with Gasteiger partial charge in [0.1, 0.15) is 5.78 Å². The monoisotopic (exact) mass is 237 g/mol. The standard InChI is InChI=1S/C13H16ClNO/c1-9(16)13(2)7-8-15-12(13)10-3-5-11(14)6-4-10/h3-6,12,15H,7-8H2,1-2H3/t12-,13+/m1/s1. The quantitative estimate of drug-likeness (QED) is 0.857. The first-order valence-electron chi connectivity index (χ1n) is 5.54. The van der Waals surface area contributed by atoms with Crippen LogP contribution in [-0.2, 0) is 4.79 Å². The van der Waals surface area contributed by atoms with Crippen LogP contribution in [0.1, 0.15) is 31.9 Å². The van der Waals surface area contributed by atoms with Crippen LogP contribution >= 0.6 is 11.6 Å². The zero-order valence-corrected chi connectivity index (χ0v) is 10.3. The van der Waals surface area contributed by atoms with E-state index in [9.17, 15) is 4.79 Å². The Morgan fingerprint density at radius 3 is 2.62 bits per heavy atom. The number of hydrogen-bond donors (Lipinski definition) is 1. The van der Waals surface area contributed by atoms with Gasteiger partial charge in [-0.25, -0.2) is 0 Å². The maximum atomic E-state index is 11.8. The van der Waals surface area contributed by atoms with Crippen molar-refractivity contribution in [2.24, 2.45) is 5.41 Å². The second kappa shape index (κ2) is 4.19. The van der Waals surface area contributed by atoms with Crippen molar-refractivity contribution in [3.05, 3.63) is 34.9 Å². The molecule has 1 fully saturated rings. The number of halogens is 1. The molecule has 1 aromatic rings. The summed E-state index contributed by atoms with van der Waals surface area (Å²) >= 11 is 5.86. The summed E-state index contributed by atoms with van der Waals surface area (Å²) < 4.78 is 0. The number of carbonyl (C=O) groups excluding carboxylic acids is 1. The van der Waals surface area contributed by atoms with Crippen LogP contribution in [0.3, 0.4) is 0 Å². The summed E-state index contributed by atoms with van der Waals surface area (Å²) in [6.07, 6.45) is 0.898. The SMILES string of the molecule is CC(=O)[C@]1(C)CCN[C@@H]1c1ccc(Cl)cc1. The summed E-state index contributed by atoms with van der Waals surface area (Å²) in [6, 6.07) is 7.84. The van der Waals surface area contributed by atoms with E-state index in [0.717, 1.165) is 23.6 Å². The lowest BCUT2D eigenvalue weighted by atomic mass is 9.76. The molecule has 3 heteroatoms. The molecule has 16 heavy (non-hydrogen) atoms. The van der Waals surface area contributed by atoms with Crippen molar-refractivity contribution in [1.29, 1.82) is 0 Å². The zero-order chi connectivity index (χ0) is 11.8. The predicted molar refractivity (Wildman–Crippen MR) is 65.6 cm³/mol. The average molecular weight is 238 g/mol. The van der Waals surface area contributed by atoms with E-state index in [0.29, 0.717) is 0 Å². The van der Waals surface area contributed by atoms with Crippen molar-refractivity contribution < 1.29 is 4.79 Å². The molecule has 86 valence electrons. The third kappa shape index (κ3) is 1.87. The lowest BCUT2D eigenvalue weighted by Gasteiger charge is -2.28. The molecule has 1 aliphatic rings. The fourth-order valence-electron chi connectivity index (χ4n) is 2.37. The molecular formula is C13H16ClNO.